The molecule has 2 heterocycles. The van der Waals surface area contributed by atoms with Gasteiger partial charge in [-0.1, -0.05) is 24.3 Å². The number of hydrogen-bond acceptors (Lipinski definition) is 5. The van der Waals surface area contributed by atoms with Crippen LogP contribution in [0.25, 0.3) is 0 Å². The lowest BCUT2D eigenvalue weighted by Gasteiger charge is -2.34. The molecule has 6 nitrogen and oxygen atoms in total. The second kappa shape index (κ2) is 11.0. The van der Waals surface area contributed by atoms with E-state index in [1.807, 2.05) is 25.1 Å². The number of aliphatic imine (C=N–C) groups is 1. The van der Waals surface area contributed by atoms with Crippen molar-refractivity contribution in [3.05, 3.63) is 52.2 Å². The first-order valence-electron chi connectivity index (χ1n) is 9.82. The van der Waals surface area contributed by atoms with Gasteiger partial charge >= 0.3 is 0 Å². The minimum Gasteiger partial charge on any atom is -0.494 e. The van der Waals surface area contributed by atoms with Crippen LogP contribution in [0.1, 0.15) is 23.4 Å². The van der Waals surface area contributed by atoms with Crippen molar-refractivity contribution in [2.24, 2.45) is 4.99 Å². The van der Waals surface area contributed by atoms with E-state index in [4.69, 9.17) is 9.47 Å². The maximum absolute atomic E-state index is 5.71. The molecular weight excluding hydrogens is 372 g/mol. The second-order valence-electron chi connectivity index (χ2n) is 6.53. The molecule has 2 N–H and O–H groups in total. The zero-order chi connectivity index (χ0) is 19.6. The van der Waals surface area contributed by atoms with Gasteiger partial charge < -0.3 is 20.1 Å². The molecule has 0 saturated carbocycles. The van der Waals surface area contributed by atoms with Crippen molar-refractivity contribution in [2.75, 3.05) is 46.5 Å². The summed E-state index contributed by atoms with van der Waals surface area (Å²) in [7, 11) is 1.80. The minimum absolute atomic E-state index is 0.318. The lowest BCUT2D eigenvalue weighted by molar-refractivity contribution is 0.0177. The van der Waals surface area contributed by atoms with Crippen LogP contribution < -0.4 is 15.4 Å². The largest absolute Gasteiger partial charge is 0.494 e. The summed E-state index contributed by atoms with van der Waals surface area (Å²) in [6, 6.07) is 12.7. The van der Waals surface area contributed by atoms with Crippen molar-refractivity contribution in [3.63, 3.8) is 0 Å². The molecule has 7 heteroatoms. The Balaban J connectivity index is 1.59. The fourth-order valence-electron chi connectivity index (χ4n) is 3.32. The van der Waals surface area contributed by atoms with Gasteiger partial charge in [0, 0.05) is 43.7 Å². The maximum Gasteiger partial charge on any atom is 0.191 e. The summed E-state index contributed by atoms with van der Waals surface area (Å²) >= 11 is 1.80. The van der Waals surface area contributed by atoms with E-state index in [1.165, 1.54) is 4.88 Å². The Hall–Kier alpha value is -2.09. The van der Waals surface area contributed by atoms with Crippen LogP contribution in [0.5, 0.6) is 5.75 Å². The van der Waals surface area contributed by atoms with Gasteiger partial charge in [-0.25, -0.2) is 0 Å². The van der Waals surface area contributed by atoms with Crippen LogP contribution >= 0.6 is 11.3 Å². The lowest BCUT2D eigenvalue weighted by atomic mass is 10.2. The third-order valence-corrected chi connectivity index (χ3v) is 5.74. The highest BCUT2D eigenvalue weighted by Gasteiger charge is 2.23. The van der Waals surface area contributed by atoms with Crippen molar-refractivity contribution in [2.45, 2.75) is 19.5 Å². The summed E-state index contributed by atoms with van der Waals surface area (Å²) in [5.41, 5.74) is 1.12. The number of para-hydroxylation sites is 1. The van der Waals surface area contributed by atoms with Gasteiger partial charge in [0.2, 0.25) is 0 Å². The van der Waals surface area contributed by atoms with Crippen LogP contribution in [-0.2, 0) is 11.3 Å². The SMILES string of the molecule is CCOc1ccccc1CNC(=NC)NCC(c1cccs1)N1CCOCC1. The molecule has 28 heavy (non-hydrogen) atoms. The Morgan fingerprint density at radius 3 is 2.75 bits per heavy atom. The molecule has 152 valence electrons. The summed E-state index contributed by atoms with van der Waals surface area (Å²) in [5.74, 6) is 1.71. The van der Waals surface area contributed by atoms with Gasteiger partial charge in [-0.3, -0.25) is 9.89 Å². The third kappa shape index (κ3) is 5.70. The topological polar surface area (TPSA) is 58.1 Å². The second-order valence-corrected chi connectivity index (χ2v) is 7.51. The zero-order valence-electron chi connectivity index (χ0n) is 16.7. The van der Waals surface area contributed by atoms with Crippen LogP contribution in [0.15, 0.2) is 46.8 Å². The highest BCUT2D eigenvalue weighted by Crippen LogP contribution is 2.25. The van der Waals surface area contributed by atoms with Gasteiger partial charge in [-0.05, 0) is 24.4 Å². The Bertz CT molecular complexity index is 730. The van der Waals surface area contributed by atoms with Crippen LogP contribution in [0, 0.1) is 0 Å². The Kier molecular flexibility index (Phi) is 8.14. The lowest BCUT2D eigenvalue weighted by Crippen LogP contribution is -2.46. The number of nitrogens with zero attached hydrogens (tertiary/aromatic N) is 2. The molecular formula is C21H30N4O2S. The molecule has 1 atom stereocenters. The molecule has 0 radical (unpaired) electrons. The average Bonchev–Trinajstić information content (AvgIpc) is 3.27. The van der Waals surface area contributed by atoms with E-state index in [0.29, 0.717) is 19.2 Å². The van der Waals surface area contributed by atoms with E-state index in [9.17, 15) is 0 Å². The molecule has 1 aliphatic rings. The quantitative estimate of drug-likeness (QED) is 0.525. The summed E-state index contributed by atoms with van der Waals surface area (Å²) in [5, 5.41) is 9.05. The van der Waals surface area contributed by atoms with Crippen molar-refractivity contribution < 1.29 is 9.47 Å². The van der Waals surface area contributed by atoms with E-state index in [0.717, 1.165) is 50.1 Å². The van der Waals surface area contributed by atoms with Gasteiger partial charge in [0.15, 0.2) is 5.96 Å². The molecule has 1 fully saturated rings. The van der Waals surface area contributed by atoms with Crippen LogP contribution in [0.4, 0.5) is 0 Å². The van der Waals surface area contributed by atoms with Gasteiger partial charge in [-0.2, -0.15) is 0 Å². The van der Waals surface area contributed by atoms with Gasteiger partial charge in [0.25, 0.3) is 0 Å². The Labute approximate surface area is 171 Å². The van der Waals surface area contributed by atoms with Gasteiger partial charge in [-0.15, -0.1) is 11.3 Å². The minimum atomic E-state index is 0.318. The van der Waals surface area contributed by atoms with Crippen molar-refractivity contribution in [1.29, 1.82) is 0 Å². The number of rotatable bonds is 8. The molecule has 1 aliphatic heterocycles. The van der Waals surface area contributed by atoms with Gasteiger partial charge in [0.05, 0.1) is 25.9 Å². The fraction of sp³-hybridized carbons (Fsp3) is 0.476. The van der Waals surface area contributed by atoms with E-state index >= 15 is 0 Å². The monoisotopic (exact) mass is 402 g/mol. The standard InChI is InChI=1S/C21H30N4O2S/c1-3-27-19-8-5-4-7-17(19)15-23-21(22-2)24-16-18(20-9-6-14-28-20)25-10-12-26-13-11-25/h4-9,14,18H,3,10-13,15-16H2,1-2H3,(H2,22,23,24). The van der Waals surface area contributed by atoms with E-state index < -0.39 is 0 Å². The number of ether oxygens (including phenoxy) is 2. The molecule has 0 amide bonds. The van der Waals surface area contributed by atoms with Crippen molar-refractivity contribution in [3.8, 4) is 5.75 Å². The molecule has 0 spiro atoms. The summed E-state index contributed by atoms with van der Waals surface area (Å²) < 4.78 is 11.2. The number of nitrogens with one attached hydrogen (secondary N) is 2. The summed E-state index contributed by atoms with van der Waals surface area (Å²) in [6.07, 6.45) is 0. The Morgan fingerprint density at radius 2 is 2.04 bits per heavy atom. The first-order valence-corrected chi connectivity index (χ1v) is 10.7. The molecule has 1 saturated heterocycles. The number of hydrogen-bond donors (Lipinski definition) is 2. The normalized spacial score (nSPS) is 16.6. The molecule has 0 bridgehead atoms. The fourth-order valence-corrected chi connectivity index (χ4v) is 4.18. The zero-order valence-corrected chi connectivity index (χ0v) is 17.5. The first-order chi connectivity index (χ1) is 13.8. The first kappa shape index (κ1) is 20.6. The van der Waals surface area contributed by atoms with Crippen LogP contribution in [-0.4, -0.2) is 57.4 Å². The number of thiophene rings is 1. The molecule has 1 aromatic carbocycles. The van der Waals surface area contributed by atoms with E-state index in [-0.39, 0.29) is 0 Å². The van der Waals surface area contributed by atoms with Crippen molar-refractivity contribution >= 4 is 17.3 Å². The summed E-state index contributed by atoms with van der Waals surface area (Å²) in [6.45, 7) is 7.62. The van der Waals surface area contributed by atoms with Gasteiger partial charge in [0.1, 0.15) is 5.75 Å². The maximum atomic E-state index is 5.71. The third-order valence-electron chi connectivity index (χ3n) is 4.76. The molecule has 3 rings (SSSR count). The molecule has 0 aliphatic carbocycles. The summed E-state index contributed by atoms with van der Waals surface area (Å²) in [4.78, 5) is 8.24. The van der Waals surface area contributed by atoms with E-state index in [2.05, 4.69) is 44.1 Å². The predicted octanol–water partition coefficient (Wildman–Crippen LogP) is 2.89. The number of guanidine groups is 1. The predicted molar refractivity (Wildman–Crippen MR) is 115 cm³/mol. The highest BCUT2D eigenvalue weighted by atomic mass is 32.1. The highest BCUT2D eigenvalue weighted by molar-refractivity contribution is 7.10. The molecule has 2 aromatic rings. The van der Waals surface area contributed by atoms with Crippen LogP contribution in [0.3, 0.4) is 0 Å². The number of benzene rings is 1. The molecule has 1 unspecified atom stereocenters. The molecule has 1 aromatic heterocycles. The van der Waals surface area contributed by atoms with E-state index in [1.54, 1.807) is 18.4 Å². The van der Waals surface area contributed by atoms with Crippen LogP contribution in [0.2, 0.25) is 0 Å². The van der Waals surface area contributed by atoms with Crippen molar-refractivity contribution in [1.82, 2.24) is 15.5 Å². The smallest absolute Gasteiger partial charge is 0.191 e. The average molecular weight is 403 g/mol. The Morgan fingerprint density at radius 1 is 1.21 bits per heavy atom. The number of morpholine rings is 1.